The third kappa shape index (κ3) is 5.13. The highest BCUT2D eigenvalue weighted by atomic mass is 16.4. The number of aliphatic carboxylic acids is 2. The molecule has 0 aliphatic heterocycles. The summed E-state index contributed by atoms with van der Waals surface area (Å²) in [6, 6.07) is 0. The molecule has 0 spiro atoms. The van der Waals surface area contributed by atoms with E-state index in [-0.39, 0.29) is 5.41 Å². The van der Waals surface area contributed by atoms with Crippen LogP contribution >= 0.6 is 0 Å². The standard InChI is InChI=1S/C10H14O4/c1-10(2,3)7(6-9(13)14)4-5-8(11)12/h4-6H,1-3H3,(H,11,12)(H,13,14). The van der Waals surface area contributed by atoms with Gasteiger partial charge in [0.15, 0.2) is 0 Å². The lowest BCUT2D eigenvalue weighted by atomic mass is 9.86. The van der Waals surface area contributed by atoms with Gasteiger partial charge in [0.05, 0.1) is 0 Å². The number of hydrogen-bond donors (Lipinski definition) is 2. The summed E-state index contributed by atoms with van der Waals surface area (Å²) in [4.78, 5) is 20.7. The Bertz CT molecular complexity index is 292. The molecule has 0 amide bonds. The van der Waals surface area contributed by atoms with E-state index >= 15 is 0 Å². The zero-order chi connectivity index (χ0) is 11.4. The minimum absolute atomic E-state index is 0.385. The summed E-state index contributed by atoms with van der Waals surface area (Å²) in [6.07, 6.45) is 3.25. The summed E-state index contributed by atoms with van der Waals surface area (Å²) in [7, 11) is 0. The van der Waals surface area contributed by atoms with Crippen molar-refractivity contribution in [3.63, 3.8) is 0 Å². The van der Waals surface area contributed by atoms with Crippen LogP contribution < -0.4 is 0 Å². The first-order chi connectivity index (χ1) is 6.23. The lowest BCUT2D eigenvalue weighted by Crippen LogP contribution is -2.10. The van der Waals surface area contributed by atoms with Crippen LogP contribution in [0.5, 0.6) is 0 Å². The summed E-state index contributed by atoms with van der Waals surface area (Å²) >= 11 is 0. The Labute approximate surface area is 82.6 Å². The first-order valence-electron chi connectivity index (χ1n) is 4.09. The van der Waals surface area contributed by atoms with Crippen LogP contribution in [0.4, 0.5) is 0 Å². The summed E-state index contributed by atoms with van der Waals surface area (Å²) in [5, 5.41) is 17.0. The summed E-state index contributed by atoms with van der Waals surface area (Å²) in [5.41, 5.74) is 0.0806. The molecule has 0 unspecified atom stereocenters. The molecule has 4 nitrogen and oxygen atoms in total. The fourth-order valence-corrected chi connectivity index (χ4v) is 0.809. The second kappa shape index (κ2) is 4.60. The van der Waals surface area contributed by atoms with Crippen molar-refractivity contribution in [3.05, 3.63) is 23.8 Å². The molecule has 0 radical (unpaired) electrons. The van der Waals surface area contributed by atoms with Crippen LogP contribution in [-0.4, -0.2) is 22.2 Å². The predicted octanol–water partition coefficient (Wildman–Crippen LogP) is 1.68. The lowest BCUT2D eigenvalue weighted by molar-refractivity contribution is -0.132. The van der Waals surface area contributed by atoms with Gasteiger partial charge in [-0.05, 0) is 11.0 Å². The first kappa shape index (κ1) is 12.4. The van der Waals surface area contributed by atoms with Crippen LogP contribution in [0.3, 0.4) is 0 Å². The smallest absolute Gasteiger partial charge is 0.328 e. The Morgan fingerprint density at radius 2 is 1.50 bits per heavy atom. The van der Waals surface area contributed by atoms with Crippen LogP contribution in [0.1, 0.15) is 20.8 Å². The van der Waals surface area contributed by atoms with Crippen LogP contribution in [-0.2, 0) is 9.59 Å². The molecule has 0 saturated heterocycles. The Balaban J connectivity index is 4.94. The molecule has 0 aromatic rings. The Morgan fingerprint density at radius 3 is 1.79 bits per heavy atom. The van der Waals surface area contributed by atoms with Gasteiger partial charge in [-0.15, -0.1) is 0 Å². The van der Waals surface area contributed by atoms with E-state index in [1.54, 1.807) is 0 Å². The minimum atomic E-state index is -1.09. The van der Waals surface area contributed by atoms with Crippen LogP contribution in [0.15, 0.2) is 23.8 Å². The largest absolute Gasteiger partial charge is 0.478 e. The Kier molecular flexibility index (Phi) is 4.08. The van der Waals surface area contributed by atoms with Gasteiger partial charge in [0.25, 0.3) is 0 Å². The van der Waals surface area contributed by atoms with E-state index in [0.29, 0.717) is 5.57 Å². The van der Waals surface area contributed by atoms with Crippen LogP contribution in [0, 0.1) is 5.41 Å². The van der Waals surface area contributed by atoms with E-state index in [9.17, 15) is 9.59 Å². The van der Waals surface area contributed by atoms with Crippen molar-refractivity contribution >= 4 is 11.9 Å². The molecule has 0 heterocycles. The van der Waals surface area contributed by atoms with Crippen molar-refractivity contribution in [3.8, 4) is 0 Å². The predicted molar refractivity (Wildman–Crippen MR) is 51.9 cm³/mol. The quantitative estimate of drug-likeness (QED) is 0.534. The zero-order valence-electron chi connectivity index (χ0n) is 8.44. The molecule has 0 aliphatic rings. The molecular weight excluding hydrogens is 184 g/mol. The third-order valence-corrected chi connectivity index (χ3v) is 1.55. The Morgan fingerprint density at radius 1 is 1.00 bits per heavy atom. The second-order valence-electron chi connectivity index (χ2n) is 3.86. The van der Waals surface area contributed by atoms with Crippen LogP contribution in [0.2, 0.25) is 0 Å². The van der Waals surface area contributed by atoms with Gasteiger partial charge in [-0.1, -0.05) is 26.8 Å². The van der Waals surface area contributed by atoms with Crippen molar-refractivity contribution in [1.82, 2.24) is 0 Å². The highest BCUT2D eigenvalue weighted by Gasteiger charge is 2.15. The van der Waals surface area contributed by atoms with E-state index in [1.165, 1.54) is 6.08 Å². The Hall–Kier alpha value is -1.58. The van der Waals surface area contributed by atoms with Gasteiger partial charge in [0.1, 0.15) is 0 Å². The monoisotopic (exact) mass is 198 g/mol. The molecule has 0 aromatic heterocycles. The van der Waals surface area contributed by atoms with Gasteiger partial charge < -0.3 is 10.2 Å². The molecule has 2 N–H and O–H groups in total. The first-order valence-corrected chi connectivity index (χ1v) is 4.09. The topological polar surface area (TPSA) is 74.6 Å². The minimum Gasteiger partial charge on any atom is -0.478 e. The number of carboxylic acid groups (broad SMARTS) is 2. The highest BCUT2D eigenvalue weighted by molar-refractivity contribution is 5.83. The van der Waals surface area contributed by atoms with Crippen molar-refractivity contribution in [2.24, 2.45) is 5.41 Å². The van der Waals surface area contributed by atoms with Gasteiger partial charge >= 0.3 is 11.9 Å². The average Bonchev–Trinajstić information content (AvgIpc) is 1.94. The third-order valence-electron chi connectivity index (χ3n) is 1.55. The molecule has 0 rings (SSSR count). The van der Waals surface area contributed by atoms with E-state index in [1.807, 2.05) is 20.8 Å². The molecule has 78 valence electrons. The molecule has 0 fully saturated rings. The number of allylic oxidation sites excluding steroid dienone is 2. The van der Waals surface area contributed by atoms with Crippen molar-refractivity contribution in [1.29, 1.82) is 0 Å². The van der Waals surface area contributed by atoms with Gasteiger partial charge in [-0.25, -0.2) is 9.59 Å². The maximum absolute atomic E-state index is 10.4. The molecular formula is C10H14O4. The second-order valence-corrected chi connectivity index (χ2v) is 3.86. The van der Waals surface area contributed by atoms with Gasteiger partial charge in [-0.3, -0.25) is 0 Å². The normalized spacial score (nSPS) is 13.2. The van der Waals surface area contributed by atoms with E-state index in [2.05, 4.69) is 0 Å². The van der Waals surface area contributed by atoms with Crippen molar-refractivity contribution in [2.45, 2.75) is 20.8 Å². The summed E-state index contributed by atoms with van der Waals surface area (Å²) < 4.78 is 0. The molecule has 14 heavy (non-hydrogen) atoms. The molecule has 0 aliphatic carbocycles. The SMILES string of the molecule is CC(C)(C)C(C=CC(=O)O)=CC(=O)O. The van der Waals surface area contributed by atoms with Gasteiger partial charge in [-0.2, -0.15) is 0 Å². The number of hydrogen-bond acceptors (Lipinski definition) is 2. The maximum Gasteiger partial charge on any atom is 0.328 e. The van der Waals surface area contributed by atoms with Gasteiger partial charge in [0, 0.05) is 12.2 Å². The molecule has 0 bridgehead atoms. The molecule has 0 aromatic carbocycles. The van der Waals surface area contributed by atoms with Crippen LogP contribution in [0.25, 0.3) is 0 Å². The zero-order valence-corrected chi connectivity index (χ0v) is 8.44. The molecule has 0 atom stereocenters. The van der Waals surface area contributed by atoms with Crippen molar-refractivity contribution in [2.75, 3.05) is 0 Å². The maximum atomic E-state index is 10.4. The highest BCUT2D eigenvalue weighted by Crippen LogP contribution is 2.25. The van der Waals surface area contributed by atoms with Crippen molar-refractivity contribution < 1.29 is 19.8 Å². The number of carboxylic acids is 2. The number of rotatable bonds is 3. The number of carbonyl (C=O) groups is 2. The molecule has 0 saturated carbocycles. The van der Waals surface area contributed by atoms with Gasteiger partial charge in [0.2, 0.25) is 0 Å². The molecule has 4 heteroatoms. The average molecular weight is 198 g/mol. The summed E-state index contributed by atoms with van der Waals surface area (Å²) in [5.74, 6) is -2.17. The van der Waals surface area contributed by atoms with E-state index in [4.69, 9.17) is 10.2 Å². The fourth-order valence-electron chi connectivity index (χ4n) is 0.809. The fraction of sp³-hybridized carbons (Fsp3) is 0.400. The van der Waals surface area contributed by atoms with E-state index in [0.717, 1.165) is 12.2 Å². The van der Waals surface area contributed by atoms with E-state index < -0.39 is 11.9 Å². The summed E-state index contributed by atoms with van der Waals surface area (Å²) in [6.45, 7) is 5.44. The lowest BCUT2D eigenvalue weighted by Gasteiger charge is -2.19.